The van der Waals surface area contributed by atoms with Gasteiger partial charge in [-0.1, -0.05) is 37.1 Å². The topological polar surface area (TPSA) is 55.4 Å². The Kier molecular flexibility index (Phi) is 5.48. The third kappa shape index (κ3) is 3.82. The maximum Gasteiger partial charge on any atom is 0.317 e. The molecule has 4 nitrogen and oxygen atoms in total. The van der Waals surface area contributed by atoms with Gasteiger partial charge in [-0.3, -0.25) is 9.59 Å². The van der Waals surface area contributed by atoms with Crippen LogP contribution in [-0.2, 0) is 19.7 Å². The van der Waals surface area contributed by atoms with E-state index in [0.717, 1.165) is 25.0 Å². The van der Waals surface area contributed by atoms with Crippen LogP contribution in [0.5, 0.6) is 0 Å². The highest BCUT2D eigenvalue weighted by Gasteiger charge is 2.45. The second-order valence-electron chi connectivity index (χ2n) is 6.49. The van der Waals surface area contributed by atoms with Crippen LogP contribution in [0.2, 0.25) is 0 Å². The number of para-hydroxylation sites is 1. The first-order chi connectivity index (χ1) is 12.9. The molecule has 0 atom stereocenters. The molecule has 7 heteroatoms. The van der Waals surface area contributed by atoms with Crippen molar-refractivity contribution in [2.24, 2.45) is 0 Å². The second-order valence-corrected chi connectivity index (χ2v) is 6.49. The summed E-state index contributed by atoms with van der Waals surface area (Å²) in [6.07, 6.45) is 2.29. The third-order valence-corrected chi connectivity index (χ3v) is 4.80. The summed E-state index contributed by atoms with van der Waals surface area (Å²) in [6, 6.07) is 9.14. The van der Waals surface area contributed by atoms with Crippen molar-refractivity contribution in [2.75, 3.05) is 11.9 Å². The van der Waals surface area contributed by atoms with Gasteiger partial charge in [0.25, 0.3) is 5.91 Å². The highest BCUT2D eigenvalue weighted by Crippen LogP contribution is 2.43. The van der Waals surface area contributed by atoms with Crippen molar-refractivity contribution in [2.45, 2.75) is 31.1 Å². The van der Waals surface area contributed by atoms with Gasteiger partial charge in [-0.25, -0.2) is 13.2 Å². The zero-order valence-corrected chi connectivity index (χ0v) is 14.4. The first-order valence-corrected chi connectivity index (χ1v) is 8.60. The molecular formula is C20H18F3NO3. The molecule has 0 radical (unpaired) electrons. The Balaban J connectivity index is 1.70. The van der Waals surface area contributed by atoms with Crippen molar-refractivity contribution >= 4 is 17.6 Å². The first-order valence-electron chi connectivity index (χ1n) is 8.60. The number of hydrogen-bond acceptors (Lipinski definition) is 3. The number of rotatable bonds is 5. The van der Waals surface area contributed by atoms with E-state index in [-0.39, 0.29) is 5.56 Å². The summed E-state index contributed by atoms with van der Waals surface area (Å²) < 4.78 is 46.5. The lowest BCUT2D eigenvalue weighted by atomic mass is 9.78. The summed E-state index contributed by atoms with van der Waals surface area (Å²) in [5.41, 5.74) is -1.51. The second kappa shape index (κ2) is 7.82. The van der Waals surface area contributed by atoms with Gasteiger partial charge in [-0.2, -0.15) is 0 Å². The molecule has 27 heavy (non-hydrogen) atoms. The van der Waals surface area contributed by atoms with Crippen LogP contribution in [0.3, 0.4) is 0 Å². The van der Waals surface area contributed by atoms with Gasteiger partial charge in [-0.15, -0.1) is 0 Å². The van der Waals surface area contributed by atoms with Gasteiger partial charge >= 0.3 is 5.97 Å². The molecule has 1 saturated carbocycles. The smallest absolute Gasteiger partial charge is 0.317 e. The summed E-state index contributed by atoms with van der Waals surface area (Å²) in [6.45, 7) is -0.719. The van der Waals surface area contributed by atoms with E-state index in [4.69, 9.17) is 4.74 Å². The number of benzene rings is 2. The molecule has 0 unspecified atom stereocenters. The van der Waals surface area contributed by atoms with Crippen LogP contribution in [0.25, 0.3) is 0 Å². The highest BCUT2D eigenvalue weighted by molar-refractivity contribution is 5.94. The quantitative estimate of drug-likeness (QED) is 0.799. The number of carbonyl (C=O) groups is 2. The third-order valence-electron chi connectivity index (χ3n) is 4.80. The Morgan fingerprint density at radius 3 is 2.15 bits per heavy atom. The normalized spacial score (nSPS) is 15.4. The van der Waals surface area contributed by atoms with Crippen LogP contribution in [0.1, 0.15) is 31.2 Å². The highest BCUT2D eigenvalue weighted by atomic mass is 19.1. The van der Waals surface area contributed by atoms with E-state index >= 15 is 0 Å². The lowest BCUT2D eigenvalue weighted by Crippen LogP contribution is -2.37. The Hall–Kier alpha value is -2.83. The van der Waals surface area contributed by atoms with Gasteiger partial charge in [0.15, 0.2) is 6.61 Å². The number of anilines is 1. The summed E-state index contributed by atoms with van der Waals surface area (Å²) >= 11 is 0. The number of amides is 1. The fourth-order valence-corrected chi connectivity index (χ4v) is 3.47. The van der Waals surface area contributed by atoms with Gasteiger partial charge < -0.3 is 10.1 Å². The average molecular weight is 377 g/mol. The number of ether oxygens (including phenoxy) is 1. The van der Waals surface area contributed by atoms with E-state index in [1.807, 2.05) is 5.32 Å². The minimum absolute atomic E-state index is 0.244. The number of halogens is 3. The standard InChI is InChI=1S/C20H18F3NO3/c21-14-7-2-1-6-13(14)20(10-3-4-11-20)19(26)27-12-17(25)24-18-15(22)8-5-9-16(18)23/h1-2,5-9H,3-4,10-12H2,(H,24,25). The molecule has 0 spiro atoms. The lowest BCUT2D eigenvalue weighted by molar-refractivity contribution is -0.153. The van der Waals surface area contributed by atoms with Crippen LogP contribution in [-0.4, -0.2) is 18.5 Å². The Morgan fingerprint density at radius 1 is 0.926 bits per heavy atom. The molecule has 3 rings (SSSR count). The first kappa shape index (κ1) is 18.9. The number of nitrogens with one attached hydrogen (secondary N) is 1. The number of esters is 1. The zero-order valence-electron chi connectivity index (χ0n) is 14.4. The lowest BCUT2D eigenvalue weighted by Gasteiger charge is -2.27. The van der Waals surface area contributed by atoms with Crippen molar-refractivity contribution in [1.82, 2.24) is 0 Å². The van der Waals surface area contributed by atoms with Gasteiger partial charge in [0.1, 0.15) is 23.1 Å². The Labute approximate surface area is 154 Å². The van der Waals surface area contributed by atoms with E-state index in [1.165, 1.54) is 24.3 Å². The molecule has 1 aliphatic carbocycles. The maximum absolute atomic E-state index is 14.3. The molecule has 1 N–H and O–H groups in total. The van der Waals surface area contributed by atoms with E-state index in [2.05, 4.69) is 0 Å². The molecule has 0 heterocycles. The minimum atomic E-state index is -1.14. The molecular weight excluding hydrogens is 359 g/mol. The zero-order chi connectivity index (χ0) is 19.4. The van der Waals surface area contributed by atoms with E-state index < -0.39 is 47.0 Å². The summed E-state index contributed by atoms with van der Waals surface area (Å²) in [7, 11) is 0. The van der Waals surface area contributed by atoms with E-state index in [9.17, 15) is 22.8 Å². The largest absolute Gasteiger partial charge is 0.455 e. The SMILES string of the molecule is O=C(COC(=O)C1(c2ccccc2F)CCCC1)Nc1c(F)cccc1F. The molecule has 142 valence electrons. The minimum Gasteiger partial charge on any atom is -0.455 e. The molecule has 0 aliphatic heterocycles. The molecule has 1 amide bonds. The number of hydrogen-bond donors (Lipinski definition) is 1. The Bertz CT molecular complexity index is 843. The van der Waals surface area contributed by atoms with Crippen LogP contribution in [0.15, 0.2) is 42.5 Å². The fraction of sp³-hybridized carbons (Fsp3) is 0.300. The predicted molar refractivity (Wildman–Crippen MR) is 92.5 cm³/mol. The van der Waals surface area contributed by atoms with E-state index in [0.29, 0.717) is 12.8 Å². The van der Waals surface area contributed by atoms with Gasteiger partial charge in [-0.05, 0) is 31.0 Å². The maximum atomic E-state index is 14.3. The molecule has 1 fully saturated rings. The van der Waals surface area contributed by atoms with Gasteiger partial charge in [0, 0.05) is 5.56 Å². The van der Waals surface area contributed by atoms with Crippen molar-refractivity contribution in [3.63, 3.8) is 0 Å². The van der Waals surface area contributed by atoms with Crippen molar-refractivity contribution in [3.05, 3.63) is 65.5 Å². The predicted octanol–water partition coefficient (Wildman–Crippen LogP) is 4.10. The van der Waals surface area contributed by atoms with Gasteiger partial charge in [0.05, 0.1) is 5.41 Å². The van der Waals surface area contributed by atoms with Gasteiger partial charge in [0.2, 0.25) is 0 Å². The molecule has 0 aromatic heterocycles. The van der Waals surface area contributed by atoms with Crippen LogP contribution >= 0.6 is 0 Å². The van der Waals surface area contributed by atoms with Crippen LogP contribution < -0.4 is 5.32 Å². The molecule has 0 bridgehead atoms. The fourth-order valence-electron chi connectivity index (χ4n) is 3.47. The number of carbonyl (C=O) groups excluding carboxylic acids is 2. The Morgan fingerprint density at radius 2 is 1.52 bits per heavy atom. The molecule has 0 saturated heterocycles. The molecule has 1 aliphatic rings. The van der Waals surface area contributed by atoms with E-state index in [1.54, 1.807) is 6.07 Å². The van der Waals surface area contributed by atoms with Crippen molar-refractivity contribution in [1.29, 1.82) is 0 Å². The van der Waals surface area contributed by atoms with Crippen molar-refractivity contribution in [3.8, 4) is 0 Å². The van der Waals surface area contributed by atoms with Crippen LogP contribution in [0.4, 0.5) is 18.9 Å². The monoisotopic (exact) mass is 377 g/mol. The molecule has 2 aromatic carbocycles. The van der Waals surface area contributed by atoms with Crippen molar-refractivity contribution < 1.29 is 27.5 Å². The average Bonchev–Trinajstić information content (AvgIpc) is 3.14. The van der Waals surface area contributed by atoms with Crippen LogP contribution in [0, 0.1) is 17.5 Å². The molecule has 2 aromatic rings. The summed E-state index contributed by atoms with van der Waals surface area (Å²) in [5, 5.41) is 2.05. The summed E-state index contributed by atoms with van der Waals surface area (Å²) in [5.74, 6) is -3.97. The summed E-state index contributed by atoms with van der Waals surface area (Å²) in [4.78, 5) is 24.6.